The van der Waals surface area contributed by atoms with Crippen LogP contribution >= 0.6 is 0 Å². The molecule has 0 bridgehead atoms. The average molecular weight is 362 g/mol. The maximum atomic E-state index is 12.9. The normalized spacial score (nSPS) is 22.3. The maximum absolute atomic E-state index is 12.9. The van der Waals surface area contributed by atoms with Gasteiger partial charge in [-0.1, -0.05) is 12.1 Å². The van der Waals surface area contributed by atoms with Crippen LogP contribution < -0.4 is 10.6 Å². The first kappa shape index (κ1) is 18.4. The minimum absolute atomic E-state index is 0.145. The van der Waals surface area contributed by atoms with E-state index in [1.807, 2.05) is 0 Å². The van der Waals surface area contributed by atoms with Gasteiger partial charge in [-0.25, -0.2) is 8.78 Å². The lowest BCUT2D eigenvalue weighted by Crippen LogP contribution is -2.44. The number of halogens is 2. The highest BCUT2D eigenvalue weighted by Gasteiger charge is 2.35. The third kappa shape index (κ3) is 4.63. The van der Waals surface area contributed by atoms with Crippen LogP contribution in [-0.4, -0.2) is 42.4 Å². The summed E-state index contributed by atoms with van der Waals surface area (Å²) < 4.78 is 31.3. The van der Waals surface area contributed by atoms with Crippen LogP contribution in [0.5, 0.6) is 0 Å². The largest absolute Gasteiger partial charge is 0.389 e. The van der Waals surface area contributed by atoms with Crippen LogP contribution in [0.25, 0.3) is 0 Å². The molecule has 3 atom stereocenters. The van der Waals surface area contributed by atoms with E-state index in [4.69, 9.17) is 4.74 Å². The molecule has 0 spiro atoms. The molecule has 1 aliphatic rings. The SMILES string of the molecule is O=C(NCC1OCC(NCc2ccc(F)cc2)C1O)c1ccc(F)cc1. The van der Waals surface area contributed by atoms with Gasteiger partial charge in [-0.15, -0.1) is 0 Å². The fourth-order valence-corrected chi connectivity index (χ4v) is 2.79. The van der Waals surface area contributed by atoms with Crippen molar-refractivity contribution in [2.75, 3.05) is 13.2 Å². The van der Waals surface area contributed by atoms with Crippen LogP contribution in [0.2, 0.25) is 0 Å². The minimum atomic E-state index is -0.788. The van der Waals surface area contributed by atoms with Gasteiger partial charge in [-0.05, 0) is 42.0 Å². The van der Waals surface area contributed by atoms with Gasteiger partial charge in [0.05, 0.1) is 18.8 Å². The highest BCUT2D eigenvalue weighted by molar-refractivity contribution is 5.94. The summed E-state index contributed by atoms with van der Waals surface area (Å²) in [5.41, 5.74) is 1.23. The molecule has 3 rings (SSSR count). The maximum Gasteiger partial charge on any atom is 0.251 e. The van der Waals surface area contributed by atoms with Gasteiger partial charge in [0, 0.05) is 18.7 Å². The number of benzene rings is 2. The number of ether oxygens (including phenoxy) is 1. The molecule has 1 saturated heterocycles. The van der Waals surface area contributed by atoms with Gasteiger partial charge in [-0.3, -0.25) is 4.79 Å². The van der Waals surface area contributed by atoms with Gasteiger partial charge in [0.25, 0.3) is 5.91 Å². The summed E-state index contributed by atoms with van der Waals surface area (Å²) in [4.78, 5) is 12.0. The molecule has 138 valence electrons. The molecule has 0 saturated carbocycles. The van der Waals surface area contributed by atoms with Gasteiger partial charge in [0.1, 0.15) is 17.7 Å². The monoisotopic (exact) mass is 362 g/mol. The second kappa shape index (κ2) is 8.35. The van der Waals surface area contributed by atoms with E-state index in [9.17, 15) is 18.7 Å². The van der Waals surface area contributed by atoms with Crippen LogP contribution in [0, 0.1) is 11.6 Å². The molecule has 5 nitrogen and oxygen atoms in total. The molecule has 26 heavy (non-hydrogen) atoms. The number of carbonyl (C=O) groups excluding carboxylic acids is 1. The van der Waals surface area contributed by atoms with Crippen molar-refractivity contribution < 1.29 is 23.4 Å². The molecule has 0 radical (unpaired) electrons. The number of aliphatic hydroxyl groups is 1. The van der Waals surface area contributed by atoms with Gasteiger partial charge in [0.15, 0.2) is 0 Å². The standard InChI is InChI=1S/C19H20F2N2O3/c20-14-5-1-12(2-6-14)9-22-16-11-26-17(18(16)24)10-23-19(25)13-3-7-15(21)8-4-13/h1-8,16-18,22,24H,9-11H2,(H,23,25). The van der Waals surface area contributed by atoms with Crippen molar-refractivity contribution in [2.24, 2.45) is 0 Å². The lowest BCUT2D eigenvalue weighted by Gasteiger charge is -2.19. The zero-order chi connectivity index (χ0) is 18.5. The number of nitrogens with one attached hydrogen (secondary N) is 2. The first-order valence-corrected chi connectivity index (χ1v) is 8.34. The molecule has 3 N–H and O–H groups in total. The Balaban J connectivity index is 1.46. The second-order valence-corrected chi connectivity index (χ2v) is 6.19. The Hall–Kier alpha value is -2.35. The van der Waals surface area contributed by atoms with E-state index < -0.39 is 18.0 Å². The molecule has 0 aliphatic carbocycles. The van der Waals surface area contributed by atoms with Crippen LogP contribution in [0.4, 0.5) is 8.78 Å². The third-order valence-corrected chi connectivity index (χ3v) is 4.33. The second-order valence-electron chi connectivity index (χ2n) is 6.19. The van der Waals surface area contributed by atoms with Crippen molar-refractivity contribution in [3.8, 4) is 0 Å². The summed E-state index contributed by atoms with van der Waals surface area (Å²) in [6, 6.07) is 11.0. The number of aliphatic hydroxyl groups excluding tert-OH is 1. The van der Waals surface area contributed by atoms with Crippen molar-refractivity contribution in [3.63, 3.8) is 0 Å². The molecule has 1 amide bonds. The number of rotatable bonds is 6. The van der Waals surface area contributed by atoms with Crippen LogP contribution in [0.1, 0.15) is 15.9 Å². The number of hydrogen-bond donors (Lipinski definition) is 3. The van der Waals surface area contributed by atoms with E-state index in [0.29, 0.717) is 18.7 Å². The van der Waals surface area contributed by atoms with E-state index in [2.05, 4.69) is 10.6 Å². The minimum Gasteiger partial charge on any atom is -0.389 e. The van der Waals surface area contributed by atoms with Crippen molar-refractivity contribution in [1.82, 2.24) is 10.6 Å². The Bertz CT molecular complexity index is 737. The number of carbonyl (C=O) groups is 1. The van der Waals surface area contributed by atoms with E-state index in [1.165, 1.54) is 36.4 Å². The predicted molar refractivity (Wildman–Crippen MR) is 91.5 cm³/mol. The number of hydrogen-bond acceptors (Lipinski definition) is 4. The molecular weight excluding hydrogens is 342 g/mol. The van der Waals surface area contributed by atoms with Gasteiger partial charge in [0.2, 0.25) is 0 Å². The summed E-state index contributed by atoms with van der Waals surface area (Å²) in [6.07, 6.45) is -1.32. The van der Waals surface area contributed by atoms with Gasteiger partial charge < -0.3 is 20.5 Å². The number of amides is 1. The van der Waals surface area contributed by atoms with Gasteiger partial charge >= 0.3 is 0 Å². The lowest BCUT2D eigenvalue weighted by atomic mass is 10.1. The third-order valence-electron chi connectivity index (χ3n) is 4.33. The van der Waals surface area contributed by atoms with Crippen LogP contribution in [-0.2, 0) is 11.3 Å². The lowest BCUT2D eigenvalue weighted by molar-refractivity contribution is 0.0398. The molecule has 2 aromatic carbocycles. The van der Waals surface area contributed by atoms with E-state index in [0.717, 1.165) is 5.56 Å². The Labute approximate surface area is 150 Å². The van der Waals surface area contributed by atoms with E-state index in [1.54, 1.807) is 12.1 Å². The highest BCUT2D eigenvalue weighted by atomic mass is 19.1. The Kier molecular flexibility index (Phi) is 5.92. The molecule has 7 heteroatoms. The summed E-state index contributed by atoms with van der Waals surface area (Å²) in [5.74, 6) is -1.07. The molecule has 1 aliphatic heterocycles. The van der Waals surface area contributed by atoms with Gasteiger partial charge in [-0.2, -0.15) is 0 Å². The van der Waals surface area contributed by atoms with E-state index >= 15 is 0 Å². The molecular formula is C19H20F2N2O3. The van der Waals surface area contributed by atoms with Crippen LogP contribution in [0.3, 0.4) is 0 Å². The van der Waals surface area contributed by atoms with Crippen molar-refractivity contribution in [2.45, 2.75) is 24.8 Å². The van der Waals surface area contributed by atoms with E-state index in [-0.39, 0.29) is 24.3 Å². The molecule has 1 fully saturated rings. The molecule has 3 unspecified atom stereocenters. The van der Waals surface area contributed by atoms with Crippen LogP contribution in [0.15, 0.2) is 48.5 Å². The Morgan fingerprint density at radius 1 is 1.08 bits per heavy atom. The molecule has 0 aromatic heterocycles. The molecule has 2 aromatic rings. The summed E-state index contributed by atoms with van der Waals surface area (Å²) in [7, 11) is 0. The van der Waals surface area contributed by atoms with Crippen molar-refractivity contribution in [3.05, 3.63) is 71.3 Å². The summed E-state index contributed by atoms with van der Waals surface area (Å²) >= 11 is 0. The fraction of sp³-hybridized carbons (Fsp3) is 0.316. The Morgan fingerprint density at radius 2 is 1.69 bits per heavy atom. The molecule has 1 heterocycles. The summed E-state index contributed by atoms with van der Waals surface area (Å²) in [6.45, 7) is 0.922. The first-order valence-electron chi connectivity index (χ1n) is 8.34. The zero-order valence-corrected chi connectivity index (χ0v) is 14.0. The smallest absolute Gasteiger partial charge is 0.251 e. The highest BCUT2D eigenvalue weighted by Crippen LogP contribution is 2.15. The van der Waals surface area contributed by atoms with Crippen molar-refractivity contribution in [1.29, 1.82) is 0 Å². The zero-order valence-electron chi connectivity index (χ0n) is 14.0. The summed E-state index contributed by atoms with van der Waals surface area (Å²) in [5, 5.41) is 16.2. The average Bonchev–Trinajstić information content (AvgIpc) is 3.00. The topological polar surface area (TPSA) is 70.6 Å². The fourth-order valence-electron chi connectivity index (χ4n) is 2.79. The first-order chi connectivity index (χ1) is 12.5. The Morgan fingerprint density at radius 3 is 2.35 bits per heavy atom. The predicted octanol–water partition coefficient (Wildman–Crippen LogP) is 1.61. The van der Waals surface area contributed by atoms with Crippen molar-refractivity contribution >= 4 is 5.91 Å². The quantitative estimate of drug-likeness (QED) is 0.730.